The van der Waals surface area contributed by atoms with Crippen LogP contribution in [0.25, 0.3) is 0 Å². The highest BCUT2D eigenvalue weighted by Gasteiger charge is 2.27. The second-order valence-corrected chi connectivity index (χ2v) is 7.91. The zero-order chi connectivity index (χ0) is 19.4. The molecular formula is C18H19FN2O5S. The molecule has 7 nitrogen and oxygen atoms in total. The number of rotatable bonds is 5. The fourth-order valence-electron chi connectivity index (χ4n) is 2.72. The molecule has 1 heterocycles. The van der Waals surface area contributed by atoms with Gasteiger partial charge in [0.25, 0.3) is 5.91 Å². The Balaban J connectivity index is 1.87. The minimum atomic E-state index is -3.84. The number of ether oxygens (including phenoxy) is 1. The summed E-state index contributed by atoms with van der Waals surface area (Å²) < 4.78 is 46.0. The van der Waals surface area contributed by atoms with Crippen molar-refractivity contribution < 1.29 is 27.4 Å². The number of benzene rings is 2. The molecule has 2 aromatic carbocycles. The number of halogens is 1. The highest BCUT2D eigenvalue weighted by molar-refractivity contribution is 7.89. The Bertz CT molecular complexity index is 943. The number of sulfonamides is 1. The maximum atomic E-state index is 14.2. The molecule has 0 spiro atoms. The van der Waals surface area contributed by atoms with Crippen LogP contribution in [-0.4, -0.2) is 50.0 Å². The molecule has 1 saturated heterocycles. The largest absolute Gasteiger partial charge is 0.392 e. The van der Waals surface area contributed by atoms with Crippen molar-refractivity contribution in [1.82, 2.24) is 4.31 Å². The molecule has 0 aliphatic carbocycles. The zero-order valence-corrected chi connectivity index (χ0v) is 15.2. The predicted molar refractivity (Wildman–Crippen MR) is 96.3 cm³/mol. The van der Waals surface area contributed by atoms with Crippen molar-refractivity contribution >= 4 is 21.6 Å². The average Bonchev–Trinajstić information content (AvgIpc) is 2.69. The third kappa shape index (κ3) is 4.33. The van der Waals surface area contributed by atoms with Crippen LogP contribution in [-0.2, 0) is 21.4 Å². The third-order valence-corrected chi connectivity index (χ3v) is 6.05. The highest BCUT2D eigenvalue weighted by atomic mass is 32.2. The molecule has 2 N–H and O–H groups in total. The van der Waals surface area contributed by atoms with E-state index in [-0.39, 0.29) is 43.4 Å². The number of hydrogen-bond acceptors (Lipinski definition) is 5. The van der Waals surface area contributed by atoms with Crippen LogP contribution in [0.3, 0.4) is 0 Å². The molecule has 0 radical (unpaired) electrons. The molecule has 3 rings (SSSR count). The van der Waals surface area contributed by atoms with Gasteiger partial charge in [0.05, 0.1) is 30.3 Å². The maximum absolute atomic E-state index is 14.2. The second kappa shape index (κ2) is 8.13. The first-order valence-electron chi connectivity index (χ1n) is 8.30. The number of nitrogens with one attached hydrogen (secondary N) is 1. The molecule has 1 amide bonds. The van der Waals surface area contributed by atoms with Crippen molar-refractivity contribution in [3.8, 4) is 0 Å². The molecule has 1 fully saturated rings. The van der Waals surface area contributed by atoms with Crippen LogP contribution in [0.2, 0.25) is 0 Å². The van der Waals surface area contributed by atoms with E-state index in [4.69, 9.17) is 9.84 Å². The van der Waals surface area contributed by atoms with Crippen LogP contribution < -0.4 is 5.32 Å². The van der Waals surface area contributed by atoms with Crippen molar-refractivity contribution in [1.29, 1.82) is 0 Å². The molecule has 27 heavy (non-hydrogen) atoms. The minimum absolute atomic E-state index is 0.153. The van der Waals surface area contributed by atoms with Crippen molar-refractivity contribution in [2.24, 2.45) is 0 Å². The van der Waals surface area contributed by atoms with E-state index in [0.29, 0.717) is 11.3 Å². The zero-order valence-electron chi connectivity index (χ0n) is 14.4. The highest BCUT2D eigenvalue weighted by Crippen LogP contribution is 2.21. The van der Waals surface area contributed by atoms with E-state index >= 15 is 0 Å². The Kier molecular flexibility index (Phi) is 5.85. The first kappa shape index (κ1) is 19.4. The van der Waals surface area contributed by atoms with Gasteiger partial charge in [-0.15, -0.1) is 0 Å². The summed E-state index contributed by atoms with van der Waals surface area (Å²) in [5.74, 6) is -1.60. The lowest BCUT2D eigenvalue weighted by molar-refractivity contribution is 0.0730. The summed E-state index contributed by atoms with van der Waals surface area (Å²) in [6.07, 6.45) is 0. The number of carbonyl (C=O) groups excluding carboxylic acids is 1. The van der Waals surface area contributed by atoms with Gasteiger partial charge < -0.3 is 15.2 Å². The lowest BCUT2D eigenvalue weighted by Crippen LogP contribution is -2.40. The minimum Gasteiger partial charge on any atom is -0.392 e. The molecule has 0 unspecified atom stereocenters. The van der Waals surface area contributed by atoms with E-state index in [2.05, 4.69) is 5.32 Å². The van der Waals surface area contributed by atoms with Crippen molar-refractivity contribution in [3.63, 3.8) is 0 Å². The predicted octanol–water partition coefficient (Wildman–Crippen LogP) is 1.59. The van der Waals surface area contributed by atoms with Crippen molar-refractivity contribution in [2.45, 2.75) is 11.5 Å². The van der Waals surface area contributed by atoms with Gasteiger partial charge in [0.2, 0.25) is 10.0 Å². The number of aliphatic hydroxyl groups is 1. The number of nitrogens with zero attached hydrogens (tertiary/aromatic N) is 1. The smallest absolute Gasteiger partial charge is 0.258 e. The molecule has 144 valence electrons. The first-order chi connectivity index (χ1) is 12.9. The Morgan fingerprint density at radius 1 is 1.19 bits per heavy atom. The Hall–Kier alpha value is -2.33. The quantitative estimate of drug-likeness (QED) is 0.803. The SMILES string of the molecule is O=C(Nc1cccc(CO)c1)c1cc(S(=O)(=O)N2CCOCC2)ccc1F. The van der Waals surface area contributed by atoms with Gasteiger partial charge in [-0.1, -0.05) is 12.1 Å². The molecule has 0 aromatic heterocycles. The molecule has 1 aliphatic rings. The normalized spacial score (nSPS) is 15.5. The van der Waals surface area contributed by atoms with Gasteiger partial charge in [0.1, 0.15) is 5.82 Å². The number of amides is 1. The average molecular weight is 394 g/mol. The monoisotopic (exact) mass is 394 g/mol. The van der Waals surface area contributed by atoms with Crippen LogP contribution in [0.1, 0.15) is 15.9 Å². The van der Waals surface area contributed by atoms with E-state index in [1.165, 1.54) is 4.31 Å². The molecule has 0 atom stereocenters. The standard InChI is InChI=1S/C18H19FN2O5S/c19-17-5-4-15(27(24,25)21-6-8-26-9-7-21)11-16(17)18(23)20-14-3-1-2-13(10-14)12-22/h1-5,10-11,22H,6-9,12H2,(H,20,23). The molecular weight excluding hydrogens is 375 g/mol. The maximum Gasteiger partial charge on any atom is 0.258 e. The lowest BCUT2D eigenvalue weighted by Gasteiger charge is -2.26. The Morgan fingerprint density at radius 2 is 1.93 bits per heavy atom. The van der Waals surface area contributed by atoms with Crippen molar-refractivity contribution in [3.05, 3.63) is 59.4 Å². The van der Waals surface area contributed by atoms with E-state index in [1.807, 2.05) is 0 Å². The summed E-state index contributed by atoms with van der Waals surface area (Å²) in [4.78, 5) is 12.3. The summed E-state index contributed by atoms with van der Waals surface area (Å²) in [6, 6.07) is 9.58. The number of anilines is 1. The summed E-state index contributed by atoms with van der Waals surface area (Å²) in [5, 5.41) is 11.7. The summed E-state index contributed by atoms with van der Waals surface area (Å²) in [7, 11) is -3.84. The second-order valence-electron chi connectivity index (χ2n) is 5.97. The van der Waals surface area contributed by atoms with E-state index in [0.717, 1.165) is 18.2 Å². The summed E-state index contributed by atoms with van der Waals surface area (Å²) in [6.45, 7) is 0.777. The van der Waals surface area contributed by atoms with Crippen molar-refractivity contribution in [2.75, 3.05) is 31.6 Å². The van der Waals surface area contributed by atoms with Gasteiger partial charge in [0.15, 0.2) is 0 Å². The summed E-state index contributed by atoms with van der Waals surface area (Å²) >= 11 is 0. The summed E-state index contributed by atoms with van der Waals surface area (Å²) in [5.41, 5.74) is 0.572. The fraction of sp³-hybridized carbons (Fsp3) is 0.278. The number of aliphatic hydroxyl groups excluding tert-OH is 1. The number of carbonyl (C=O) groups is 1. The molecule has 1 aliphatic heterocycles. The van der Waals surface area contributed by atoms with Crippen LogP contribution >= 0.6 is 0 Å². The van der Waals surface area contributed by atoms with Gasteiger partial charge in [0, 0.05) is 18.8 Å². The fourth-order valence-corrected chi connectivity index (χ4v) is 4.16. The molecule has 9 heteroatoms. The Morgan fingerprint density at radius 3 is 2.63 bits per heavy atom. The molecule has 2 aromatic rings. The van der Waals surface area contributed by atoms with E-state index < -0.39 is 21.7 Å². The number of morpholine rings is 1. The Labute approximate surface area is 156 Å². The van der Waals surface area contributed by atoms with Gasteiger partial charge in [-0.25, -0.2) is 12.8 Å². The first-order valence-corrected chi connectivity index (χ1v) is 9.74. The number of hydrogen-bond donors (Lipinski definition) is 2. The van der Waals surface area contributed by atoms with Gasteiger partial charge in [-0.3, -0.25) is 4.79 Å². The van der Waals surface area contributed by atoms with E-state index in [9.17, 15) is 17.6 Å². The van der Waals surface area contributed by atoms with Crippen LogP contribution in [0.4, 0.5) is 10.1 Å². The molecule has 0 bridgehead atoms. The lowest BCUT2D eigenvalue weighted by atomic mass is 10.1. The third-order valence-electron chi connectivity index (χ3n) is 4.16. The van der Waals surface area contributed by atoms with Gasteiger partial charge in [-0.05, 0) is 35.9 Å². The molecule has 0 saturated carbocycles. The van der Waals surface area contributed by atoms with Crippen LogP contribution in [0.5, 0.6) is 0 Å². The van der Waals surface area contributed by atoms with E-state index in [1.54, 1.807) is 24.3 Å². The topological polar surface area (TPSA) is 95.9 Å². The van der Waals surface area contributed by atoms with Crippen LogP contribution in [0.15, 0.2) is 47.4 Å². The van der Waals surface area contributed by atoms with Gasteiger partial charge in [-0.2, -0.15) is 4.31 Å². The van der Waals surface area contributed by atoms with Crippen LogP contribution in [0, 0.1) is 5.82 Å². The van der Waals surface area contributed by atoms with Gasteiger partial charge >= 0.3 is 0 Å².